The van der Waals surface area contributed by atoms with Gasteiger partial charge in [0.15, 0.2) is 5.15 Å². The molecule has 0 aliphatic carbocycles. The van der Waals surface area contributed by atoms with E-state index in [1.165, 1.54) is 4.70 Å². The SMILES string of the molecule is Cc1nnc(-c2csc3ccccc23)c(Cl)n1. The topological polar surface area (TPSA) is 38.7 Å². The summed E-state index contributed by atoms with van der Waals surface area (Å²) in [4.78, 5) is 4.13. The molecule has 0 saturated carbocycles. The van der Waals surface area contributed by atoms with Gasteiger partial charge in [0.1, 0.15) is 11.5 Å². The minimum atomic E-state index is 0.404. The van der Waals surface area contributed by atoms with Gasteiger partial charge in [-0.3, -0.25) is 0 Å². The summed E-state index contributed by atoms with van der Waals surface area (Å²) in [5.41, 5.74) is 1.64. The monoisotopic (exact) mass is 261 g/mol. The summed E-state index contributed by atoms with van der Waals surface area (Å²) in [6, 6.07) is 8.15. The maximum atomic E-state index is 6.11. The summed E-state index contributed by atoms with van der Waals surface area (Å²) >= 11 is 7.78. The lowest BCUT2D eigenvalue weighted by atomic mass is 10.1. The van der Waals surface area contributed by atoms with Gasteiger partial charge in [-0.2, -0.15) is 0 Å². The van der Waals surface area contributed by atoms with E-state index in [1.54, 1.807) is 18.3 Å². The van der Waals surface area contributed by atoms with Gasteiger partial charge >= 0.3 is 0 Å². The molecule has 2 heterocycles. The lowest BCUT2D eigenvalue weighted by molar-refractivity contribution is 0.915. The van der Waals surface area contributed by atoms with Crippen LogP contribution in [0.25, 0.3) is 21.3 Å². The second-order valence-corrected chi connectivity index (χ2v) is 4.91. The van der Waals surface area contributed by atoms with Crippen LogP contribution in [-0.2, 0) is 0 Å². The number of halogens is 1. The highest BCUT2D eigenvalue weighted by atomic mass is 35.5. The molecule has 0 saturated heterocycles. The van der Waals surface area contributed by atoms with Crippen molar-refractivity contribution in [3.63, 3.8) is 0 Å². The lowest BCUT2D eigenvalue weighted by Crippen LogP contribution is -1.95. The number of hydrogen-bond acceptors (Lipinski definition) is 4. The number of aromatic nitrogens is 3. The molecule has 2 aromatic heterocycles. The third kappa shape index (κ3) is 1.79. The molecule has 0 amide bonds. The average Bonchev–Trinajstić information content (AvgIpc) is 2.73. The van der Waals surface area contributed by atoms with Crippen molar-refractivity contribution >= 4 is 33.0 Å². The van der Waals surface area contributed by atoms with Crippen molar-refractivity contribution in [2.24, 2.45) is 0 Å². The largest absolute Gasteiger partial charge is 0.217 e. The van der Waals surface area contributed by atoms with E-state index in [2.05, 4.69) is 27.3 Å². The number of hydrogen-bond donors (Lipinski definition) is 0. The van der Waals surface area contributed by atoms with Crippen LogP contribution in [0.4, 0.5) is 0 Å². The Balaban J connectivity index is 2.27. The Morgan fingerprint density at radius 2 is 2.00 bits per heavy atom. The fourth-order valence-electron chi connectivity index (χ4n) is 1.71. The second-order valence-electron chi connectivity index (χ2n) is 3.64. The predicted octanol–water partition coefficient (Wildman–Crippen LogP) is 3.72. The first-order valence-corrected chi connectivity index (χ1v) is 6.35. The quantitative estimate of drug-likeness (QED) is 0.670. The molecule has 0 aliphatic rings. The maximum absolute atomic E-state index is 6.11. The third-order valence-electron chi connectivity index (χ3n) is 2.49. The molecule has 0 bridgehead atoms. The van der Waals surface area contributed by atoms with Crippen molar-refractivity contribution in [2.75, 3.05) is 0 Å². The normalized spacial score (nSPS) is 10.9. The molecule has 3 nitrogen and oxygen atoms in total. The van der Waals surface area contributed by atoms with E-state index in [9.17, 15) is 0 Å². The summed E-state index contributed by atoms with van der Waals surface area (Å²) in [6.45, 7) is 1.77. The molecule has 0 atom stereocenters. The van der Waals surface area contributed by atoms with Gasteiger partial charge in [-0.05, 0) is 13.0 Å². The summed E-state index contributed by atoms with van der Waals surface area (Å²) in [7, 11) is 0. The van der Waals surface area contributed by atoms with Crippen molar-refractivity contribution in [2.45, 2.75) is 6.92 Å². The van der Waals surface area contributed by atoms with Crippen molar-refractivity contribution in [3.05, 3.63) is 40.6 Å². The summed E-state index contributed by atoms with van der Waals surface area (Å²) in [6.07, 6.45) is 0. The minimum Gasteiger partial charge on any atom is -0.217 e. The maximum Gasteiger partial charge on any atom is 0.159 e. The molecule has 5 heteroatoms. The van der Waals surface area contributed by atoms with Crippen LogP contribution < -0.4 is 0 Å². The van der Waals surface area contributed by atoms with Crippen LogP contribution in [0.3, 0.4) is 0 Å². The zero-order valence-electron chi connectivity index (χ0n) is 9.01. The van der Waals surface area contributed by atoms with Crippen molar-refractivity contribution in [1.82, 2.24) is 15.2 Å². The molecule has 84 valence electrons. The zero-order valence-corrected chi connectivity index (χ0v) is 10.6. The molecule has 3 aromatic rings. The molecular formula is C12H8ClN3S. The van der Waals surface area contributed by atoms with E-state index < -0.39 is 0 Å². The van der Waals surface area contributed by atoms with Gasteiger partial charge < -0.3 is 0 Å². The van der Waals surface area contributed by atoms with Crippen LogP contribution in [0.5, 0.6) is 0 Å². The molecule has 1 aromatic carbocycles. The molecule has 0 unspecified atom stereocenters. The number of fused-ring (bicyclic) bond motifs is 1. The molecule has 0 aliphatic heterocycles. The van der Waals surface area contributed by atoms with Gasteiger partial charge in [-0.1, -0.05) is 29.8 Å². The minimum absolute atomic E-state index is 0.404. The van der Waals surface area contributed by atoms with Gasteiger partial charge in [0, 0.05) is 21.0 Å². The average molecular weight is 262 g/mol. The Kier molecular flexibility index (Phi) is 2.53. The predicted molar refractivity (Wildman–Crippen MR) is 70.4 cm³/mol. The first-order chi connectivity index (χ1) is 8.25. The van der Waals surface area contributed by atoms with Crippen LogP contribution in [0, 0.1) is 6.92 Å². The van der Waals surface area contributed by atoms with E-state index in [0.717, 1.165) is 10.9 Å². The number of aryl methyl sites for hydroxylation is 1. The summed E-state index contributed by atoms with van der Waals surface area (Å²) < 4.78 is 1.21. The lowest BCUT2D eigenvalue weighted by Gasteiger charge is -2.00. The number of rotatable bonds is 1. The van der Waals surface area contributed by atoms with Crippen LogP contribution >= 0.6 is 22.9 Å². The highest BCUT2D eigenvalue weighted by Crippen LogP contribution is 2.34. The van der Waals surface area contributed by atoms with E-state index in [4.69, 9.17) is 11.6 Å². The van der Waals surface area contributed by atoms with E-state index in [1.807, 2.05) is 17.5 Å². The van der Waals surface area contributed by atoms with Gasteiger partial charge in [-0.25, -0.2) is 4.98 Å². The van der Waals surface area contributed by atoms with Crippen LogP contribution in [-0.4, -0.2) is 15.2 Å². The van der Waals surface area contributed by atoms with E-state index in [-0.39, 0.29) is 0 Å². The second kappa shape index (κ2) is 4.05. The summed E-state index contributed by atoms with van der Waals surface area (Å²) in [5.74, 6) is 0.582. The molecule has 0 spiro atoms. The van der Waals surface area contributed by atoms with Crippen LogP contribution in [0.2, 0.25) is 5.15 Å². The van der Waals surface area contributed by atoms with E-state index >= 15 is 0 Å². The summed E-state index contributed by atoms with van der Waals surface area (Å²) in [5, 5.41) is 11.7. The fraction of sp³-hybridized carbons (Fsp3) is 0.0833. The molecule has 0 N–H and O–H groups in total. The molecule has 17 heavy (non-hydrogen) atoms. The smallest absolute Gasteiger partial charge is 0.159 e. The zero-order chi connectivity index (χ0) is 11.8. The van der Waals surface area contributed by atoms with Crippen molar-refractivity contribution in [1.29, 1.82) is 0 Å². The first kappa shape index (κ1) is 10.6. The fourth-order valence-corrected chi connectivity index (χ4v) is 2.91. The Morgan fingerprint density at radius 3 is 2.82 bits per heavy atom. The van der Waals surface area contributed by atoms with Gasteiger partial charge in [0.2, 0.25) is 0 Å². The Bertz CT molecular complexity index is 693. The molecule has 0 radical (unpaired) electrons. The number of benzene rings is 1. The van der Waals surface area contributed by atoms with E-state index in [0.29, 0.717) is 16.7 Å². The third-order valence-corrected chi connectivity index (χ3v) is 3.71. The number of nitrogens with zero attached hydrogens (tertiary/aromatic N) is 3. The Labute approximate surface area is 107 Å². The van der Waals surface area contributed by atoms with Gasteiger partial charge in [-0.15, -0.1) is 21.5 Å². The highest BCUT2D eigenvalue weighted by Gasteiger charge is 2.12. The highest BCUT2D eigenvalue weighted by molar-refractivity contribution is 7.17. The van der Waals surface area contributed by atoms with Gasteiger partial charge in [0.25, 0.3) is 0 Å². The molecule has 0 fully saturated rings. The Morgan fingerprint density at radius 1 is 1.18 bits per heavy atom. The van der Waals surface area contributed by atoms with Crippen LogP contribution in [0.1, 0.15) is 5.82 Å². The van der Waals surface area contributed by atoms with Gasteiger partial charge in [0.05, 0.1) is 0 Å². The number of thiophene rings is 1. The molecular weight excluding hydrogens is 254 g/mol. The first-order valence-electron chi connectivity index (χ1n) is 5.09. The van der Waals surface area contributed by atoms with Crippen LogP contribution in [0.15, 0.2) is 29.6 Å². The van der Waals surface area contributed by atoms with Crippen molar-refractivity contribution in [3.8, 4) is 11.3 Å². The standard InChI is InChI=1S/C12H8ClN3S/c1-7-14-12(13)11(16-15-7)9-6-17-10-5-3-2-4-8(9)10/h2-6H,1H3. The molecule has 3 rings (SSSR count). The Hall–Kier alpha value is -1.52. The van der Waals surface area contributed by atoms with Crippen molar-refractivity contribution < 1.29 is 0 Å².